The number of hydrogen-bond acceptors (Lipinski definition) is 0. The molecule has 1 aromatic rings. The molecule has 0 bridgehead atoms. The van der Waals surface area contributed by atoms with Gasteiger partial charge in [0.05, 0.1) is 0 Å². The number of aryl methyl sites for hydroxylation is 1. The third-order valence-electron chi connectivity index (χ3n) is 7.09. The number of benzene rings is 1. The Morgan fingerprint density at radius 3 is 1.81 bits per heavy atom. The molecule has 2 saturated carbocycles. The van der Waals surface area contributed by atoms with Crippen LogP contribution in [0.15, 0.2) is 24.3 Å². The molecule has 2 aliphatic rings. The molecule has 0 N–H and O–H groups in total. The van der Waals surface area contributed by atoms with E-state index in [-0.39, 0.29) is 14.9 Å². The second-order valence-corrected chi connectivity index (χ2v) is 8.80. The summed E-state index contributed by atoms with van der Waals surface area (Å²) in [5.74, 6) is 4.01. The first-order chi connectivity index (χ1) is 11.8. The van der Waals surface area contributed by atoms with Crippen molar-refractivity contribution in [2.45, 2.75) is 112 Å². The topological polar surface area (TPSA) is 0 Å². The minimum Gasteiger partial charge on any atom is -0.0776 e. The van der Waals surface area contributed by atoms with Crippen molar-refractivity contribution in [1.29, 1.82) is 0 Å². The molecule has 150 valence electrons. The highest BCUT2D eigenvalue weighted by atomic mass is 14.4. The van der Waals surface area contributed by atoms with E-state index in [1.807, 2.05) is 0 Å². The fourth-order valence-electron chi connectivity index (χ4n) is 5.39. The van der Waals surface area contributed by atoms with Crippen molar-refractivity contribution >= 4 is 0 Å². The van der Waals surface area contributed by atoms with E-state index in [9.17, 15) is 0 Å². The molecule has 3 rings (SSSR count). The first-order valence-electron chi connectivity index (χ1n) is 10.8. The van der Waals surface area contributed by atoms with Gasteiger partial charge in [0.2, 0.25) is 0 Å². The second-order valence-electron chi connectivity index (χ2n) is 8.80. The molecule has 0 nitrogen and oxygen atoms in total. The maximum Gasteiger partial charge on any atom is -0.0162 e. The quantitative estimate of drug-likeness (QED) is 0.445. The third-order valence-corrected chi connectivity index (χ3v) is 7.09. The predicted molar refractivity (Wildman–Crippen MR) is 119 cm³/mol. The molecule has 0 spiro atoms. The summed E-state index contributed by atoms with van der Waals surface area (Å²) in [6, 6.07) is 9.34. The molecular weight excluding hydrogens is 312 g/mol. The molecular formula is C26H46. The highest BCUT2D eigenvalue weighted by Gasteiger charge is 2.31. The predicted octanol–water partition coefficient (Wildman–Crippen LogP) is 8.93. The fourth-order valence-corrected chi connectivity index (χ4v) is 5.39. The minimum absolute atomic E-state index is 0. The Morgan fingerprint density at radius 1 is 0.731 bits per heavy atom. The van der Waals surface area contributed by atoms with Gasteiger partial charge in [0.1, 0.15) is 0 Å². The van der Waals surface area contributed by atoms with Crippen LogP contribution in [0.5, 0.6) is 0 Å². The molecule has 0 aromatic heterocycles. The molecule has 1 aromatic carbocycles. The lowest BCUT2D eigenvalue weighted by Gasteiger charge is -2.38. The lowest BCUT2D eigenvalue weighted by molar-refractivity contribution is 0.155. The first kappa shape index (κ1) is 23.3. The lowest BCUT2D eigenvalue weighted by Crippen LogP contribution is -2.25. The van der Waals surface area contributed by atoms with Gasteiger partial charge in [-0.25, -0.2) is 0 Å². The maximum absolute atomic E-state index is 2.38. The van der Waals surface area contributed by atoms with Gasteiger partial charge in [0, 0.05) is 0 Å². The summed E-state index contributed by atoms with van der Waals surface area (Å²) in [5, 5.41) is 0. The van der Waals surface area contributed by atoms with E-state index in [1.54, 1.807) is 5.56 Å². The molecule has 0 radical (unpaired) electrons. The van der Waals surface area contributed by atoms with Gasteiger partial charge in [0.25, 0.3) is 0 Å². The van der Waals surface area contributed by atoms with E-state index >= 15 is 0 Å². The largest absolute Gasteiger partial charge is 0.0776 e. The molecule has 0 unspecified atom stereocenters. The number of unbranched alkanes of at least 4 members (excludes halogenated alkanes) is 2. The third kappa shape index (κ3) is 6.43. The van der Waals surface area contributed by atoms with Gasteiger partial charge < -0.3 is 0 Å². The van der Waals surface area contributed by atoms with Crippen LogP contribution in [0, 0.1) is 24.7 Å². The van der Waals surface area contributed by atoms with Gasteiger partial charge in [-0.05, 0) is 74.7 Å². The van der Waals surface area contributed by atoms with Crippen LogP contribution in [0.1, 0.15) is 116 Å². The molecule has 26 heavy (non-hydrogen) atoms. The average Bonchev–Trinajstić information content (AvgIpc) is 2.63. The van der Waals surface area contributed by atoms with Crippen LogP contribution in [0.2, 0.25) is 0 Å². The Labute approximate surface area is 165 Å². The molecule has 2 aliphatic carbocycles. The SMILES string of the molecule is C.C.CCCCCC1CCC(C2CCC(c3ccc(C)cc3)CC2)CC1. The summed E-state index contributed by atoms with van der Waals surface area (Å²) in [4.78, 5) is 0. The van der Waals surface area contributed by atoms with E-state index in [2.05, 4.69) is 38.1 Å². The Balaban J connectivity index is 0.00000169. The summed E-state index contributed by atoms with van der Waals surface area (Å²) in [7, 11) is 0. The van der Waals surface area contributed by atoms with Crippen molar-refractivity contribution < 1.29 is 0 Å². The number of rotatable bonds is 6. The van der Waals surface area contributed by atoms with Gasteiger partial charge in [-0.1, -0.05) is 90.1 Å². The van der Waals surface area contributed by atoms with Crippen molar-refractivity contribution in [3.8, 4) is 0 Å². The Bertz CT molecular complexity index is 455. The van der Waals surface area contributed by atoms with Gasteiger partial charge in [-0.3, -0.25) is 0 Å². The van der Waals surface area contributed by atoms with Crippen LogP contribution in [-0.2, 0) is 0 Å². The smallest absolute Gasteiger partial charge is 0.0162 e. The van der Waals surface area contributed by atoms with Gasteiger partial charge in [-0.15, -0.1) is 0 Å². The van der Waals surface area contributed by atoms with Gasteiger partial charge >= 0.3 is 0 Å². The standard InChI is InChI=1S/C24H38.2CH4/c1-3-4-5-6-20-9-13-22(14-10-20)24-17-15-23(16-18-24)21-11-7-19(2)8-12-21;;/h7-8,11-12,20,22-24H,3-6,9-10,13-18H2,1-2H3;2*1H4. The summed E-state index contributed by atoms with van der Waals surface area (Å²) < 4.78 is 0. The molecule has 0 heteroatoms. The van der Waals surface area contributed by atoms with Gasteiger partial charge in [0.15, 0.2) is 0 Å². The average molecular weight is 359 g/mol. The van der Waals surface area contributed by atoms with Crippen molar-refractivity contribution in [2.75, 3.05) is 0 Å². The maximum atomic E-state index is 2.38. The van der Waals surface area contributed by atoms with E-state index in [1.165, 1.54) is 82.6 Å². The Hall–Kier alpha value is -0.780. The molecule has 0 heterocycles. The minimum atomic E-state index is 0. The van der Waals surface area contributed by atoms with Crippen molar-refractivity contribution in [1.82, 2.24) is 0 Å². The zero-order valence-corrected chi connectivity index (χ0v) is 16.1. The van der Waals surface area contributed by atoms with E-state index < -0.39 is 0 Å². The van der Waals surface area contributed by atoms with E-state index in [4.69, 9.17) is 0 Å². The molecule has 2 fully saturated rings. The zero-order chi connectivity index (χ0) is 16.8. The van der Waals surface area contributed by atoms with Crippen LogP contribution in [0.4, 0.5) is 0 Å². The van der Waals surface area contributed by atoms with Crippen LogP contribution >= 0.6 is 0 Å². The second kappa shape index (κ2) is 11.8. The lowest BCUT2D eigenvalue weighted by atomic mass is 9.68. The normalized spacial score (nSPS) is 28.7. The summed E-state index contributed by atoms with van der Waals surface area (Å²) in [6.07, 6.45) is 17.8. The molecule has 0 aliphatic heterocycles. The summed E-state index contributed by atoms with van der Waals surface area (Å²) >= 11 is 0. The number of hydrogen-bond donors (Lipinski definition) is 0. The Morgan fingerprint density at radius 2 is 1.27 bits per heavy atom. The van der Waals surface area contributed by atoms with Gasteiger partial charge in [-0.2, -0.15) is 0 Å². The van der Waals surface area contributed by atoms with Crippen molar-refractivity contribution in [2.24, 2.45) is 17.8 Å². The highest BCUT2D eigenvalue weighted by Crippen LogP contribution is 2.44. The monoisotopic (exact) mass is 358 g/mol. The van der Waals surface area contributed by atoms with Crippen molar-refractivity contribution in [3.05, 3.63) is 35.4 Å². The van der Waals surface area contributed by atoms with E-state index in [0.29, 0.717) is 0 Å². The highest BCUT2D eigenvalue weighted by molar-refractivity contribution is 5.24. The van der Waals surface area contributed by atoms with E-state index in [0.717, 1.165) is 23.7 Å². The Kier molecular flexibility index (Phi) is 10.6. The molecule has 0 amide bonds. The summed E-state index contributed by atoms with van der Waals surface area (Å²) in [5.41, 5.74) is 2.99. The van der Waals surface area contributed by atoms with Crippen LogP contribution in [0.25, 0.3) is 0 Å². The molecule has 0 saturated heterocycles. The fraction of sp³-hybridized carbons (Fsp3) is 0.769. The van der Waals surface area contributed by atoms with Crippen molar-refractivity contribution in [3.63, 3.8) is 0 Å². The first-order valence-corrected chi connectivity index (χ1v) is 10.8. The summed E-state index contributed by atoms with van der Waals surface area (Å²) in [6.45, 7) is 4.52. The van der Waals surface area contributed by atoms with Crippen LogP contribution in [0.3, 0.4) is 0 Å². The van der Waals surface area contributed by atoms with Crippen LogP contribution < -0.4 is 0 Å². The van der Waals surface area contributed by atoms with Crippen LogP contribution in [-0.4, -0.2) is 0 Å². The zero-order valence-electron chi connectivity index (χ0n) is 16.1. The molecule has 0 atom stereocenters.